The van der Waals surface area contributed by atoms with E-state index in [1.54, 1.807) is 12.1 Å². The molecule has 1 aromatic carbocycles. The number of rotatable bonds is 2. The molecule has 0 atom stereocenters. The molecule has 118 valence electrons. The van der Waals surface area contributed by atoms with Gasteiger partial charge in [0.15, 0.2) is 0 Å². The summed E-state index contributed by atoms with van der Waals surface area (Å²) in [6, 6.07) is 11.4. The number of carbonyl (C=O) groups is 1. The third-order valence-corrected chi connectivity index (χ3v) is 3.78. The van der Waals surface area contributed by atoms with Crippen molar-refractivity contribution in [1.29, 1.82) is 0 Å². The molecule has 0 aliphatic rings. The number of carbonyl (C=O) groups excluding carboxylic acids is 1. The van der Waals surface area contributed by atoms with Crippen molar-refractivity contribution in [3.63, 3.8) is 0 Å². The van der Waals surface area contributed by atoms with Crippen LogP contribution in [0.1, 0.15) is 31.1 Å². The van der Waals surface area contributed by atoms with Crippen molar-refractivity contribution < 1.29 is 9.53 Å². The zero-order valence-electron chi connectivity index (χ0n) is 13.2. The van der Waals surface area contributed by atoms with Gasteiger partial charge in [-0.25, -0.2) is 9.31 Å². The van der Waals surface area contributed by atoms with E-state index >= 15 is 0 Å². The maximum absolute atomic E-state index is 12.1. The molecule has 0 saturated carbocycles. The smallest absolute Gasteiger partial charge is 0.338 e. The highest BCUT2D eigenvalue weighted by molar-refractivity contribution is 9.10. The van der Waals surface area contributed by atoms with Gasteiger partial charge in [-0.05, 0) is 66.5 Å². The number of benzene rings is 1. The van der Waals surface area contributed by atoms with Gasteiger partial charge in [0.2, 0.25) is 0 Å². The van der Waals surface area contributed by atoms with Crippen LogP contribution in [0.5, 0.6) is 0 Å². The van der Waals surface area contributed by atoms with Gasteiger partial charge in [-0.15, -0.1) is 0 Å². The SMILES string of the molecule is CC(C)(C)OC(=O)c1ccc(-c2cnn3cc(Br)ccc23)cc1. The van der Waals surface area contributed by atoms with Crippen LogP contribution >= 0.6 is 15.9 Å². The Balaban J connectivity index is 1.91. The van der Waals surface area contributed by atoms with Gasteiger partial charge in [0.25, 0.3) is 0 Å². The molecule has 0 saturated heterocycles. The lowest BCUT2D eigenvalue weighted by Gasteiger charge is -2.19. The molecule has 5 heteroatoms. The molecule has 23 heavy (non-hydrogen) atoms. The summed E-state index contributed by atoms with van der Waals surface area (Å²) in [4.78, 5) is 12.1. The highest BCUT2D eigenvalue weighted by Gasteiger charge is 2.18. The fourth-order valence-corrected chi connectivity index (χ4v) is 2.63. The van der Waals surface area contributed by atoms with Crippen molar-refractivity contribution >= 4 is 27.4 Å². The summed E-state index contributed by atoms with van der Waals surface area (Å²) in [5.41, 5.74) is 3.09. The van der Waals surface area contributed by atoms with E-state index in [9.17, 15) is 4.79 Å². The van der Waals surface area contributed by atoms with Crippen molar-refractivity contribution in [2.45, 2.75) is 26.4 Å². The number of pyridine rings is 1. The lowest BCUT2D eigenvalue weighted by molar-refractivity contribution is 0.00696. The first-order chi connectivity index (χ1) is 10.8. The predicted octanol–water partition coefficient (Wildman–Crippen LogP) is 4.72. The molecular formula is C18H17BrN2O2. The van der Waals surface area contributed by atoms with Crippen LogP contribution in [0, 0.1) is 0 Å². The molecule has 0 N–H and O–H groups in total. The number of halogens is 1. The average Bonchev–Trinajstić information content (AvgIpc) is 2.88. The Kier molecular flexibility index (Phi) is 3.98. The number of esters is 1. The zero-order chi connectivity index (χ0) is 16.6. The second-order valence-electron chi connectivity index (χ2n) is 6.31. The van der Waals surface area contributed by atoms with Gasteiger partial charge in [0.1, 0.15) is 5.60 Å². The lowest BCUT2D eigenvalue weighted by Crippen LogP contribution is -2.23. The minimum absolute atomic E-state index is 0.312. The van der Waals surface area contributed by atoms with Crippen LogP contribution in [0.25, 0.3) is 16.6 Å². The van der Waals surface area contributed by atoms with E-state index < -0.39 is 5.60 Å². The molecule has 0 amide bonds. The fourth-order valence-electron chi connectivity index (χ4n) is 2.30. The molecular weight excluding hydrogens is 356 g/mol. The van der Waals surface area contributed by atoms with Gasteiger partial charge < -0.3 is 4.74 Å². The Morgan fingerprint density at radius 2 is 1.83 bits per heavy atom. The third kappa shape index (κ3) is 3.45. The van der Waals surface area contributed by atoms with Crippen molar-refractivity contribution in [3.8, 4) is 11.1 Å². The number of nitrogens with zero attached hydrogens (tertiary/aromatic N) is 2. The summed E-state index contributed by atoms with van der Waals surface area (Å²) in [7, 11) is 0. The molecule has 0 radical (unpaired) electrons. The van der Waals surface area contributed by atoms with Crippen molar-refractivity contribution in [1.82, 2.24) is 9.61 Å². The maximum atomic E-state index is 12.1. The van der Waals surface area contributed by atoms with Crippen LogP contribution in [-0.4, -0.2) is 21.2 Å². The van der Waals surface area contributed by atoms with Crippen LogP contribution in [-0.2, 0) is 4.74 Å². The first-order valence-electron chi connectivity index (χ1n) is 7.30. The largest absolute Gasteiger partial charge is 0.456 e. The first-order valence-corrected chi connectivity index (χ1v) is 8.09. The van der Waals surface area contributed by atoms with Crippen LogP contribution < -0.4 is 0 Å². The van der Waals surface area contributed by atoms with E-state index in [-0.39, 0.29) is 5.97 Å². The number of aromatic nitrogens is 2. The van der Waals surface area contributed by atoms with Gasteiger partial charge in [-0.1, -0.05) is 12.1 Å². The highest BCUT2D eigenvalue weighted by atomic mass is 79.9. The van der Waals surface area contributed by atoms with Gasteiger partial charge in [-0.3, -0.25) is 0 Å². The van der Waals surface area contributed by atoms with Crippen LogP contribution in [0.15, 0.2) is 53.3 Å². The van der Waals surface area contributed by atoms with E-state index in [4.69, 9.17) is 4.74 Å². The summed E-state index contributed by atoms with van der Waals surface area (Å²) in [5, 5.41) is 4.36. The van der Waals surface area contributed by atoms with E-state index in [0.717, 1.165) is 21.1 Å². The average molecular weight is 373 g/mol. The third-order valence-electron chi connectivity index (χ3n) is 3.31. The predicted molar refractivity (Wildman–Crippen MR) is 93.5 cm³/mol. The molecule has 0 bridgehead atoms. The standard InChI is InChI=1S/C18H17BrN2O2/c1-18(2,3)23-17(22)13-6-4-12(5-7-13)15-10-20-21-11-14(19)8-9-16(15)21/h4-11H,1-3H3. The first kappa shape index (κ1) is 15.7. The van der Waals surface area contributed by atoms with Crippen molar-refractivity contribution in [2.24, 2.45) is 0 Å². The molecule has 0 unspecified atom stereocenters. The summed E-state index contributed by atoms with van der Waals surface area (Å²) >= 11 is 3.43. The van der Waals surface area contributed by atoms with Gasteiger partial charge in [0, 0.05) is 16.2 Å². The monoisotopic (exact) mass is 372 g/mol. The van der Waals surface area contributed by atoms with Crippen molar-refractivity contribution in [3.05, 3.63) is 58.8 Å². The minimum atomic E-state index is -0.494. The Morgan fingerprint density at radius 1 is 1.13 bits per heavy atom. The molecule has 0 spiro atoms. The second kappa shape index (κ2) is 5.81. The van der Waals surface area contributed by atoms with E-state index in [1.165, 1.54) is 0 Å². The van der Waals surface area contributed by atoms with Crippen molar-refractivity contribution in [2.75, 3.05) is 0 Å². The van der Waals surface area contributed by atoms with E-state index in [1.807, 2.05) is 61.9 Å². The Labute approximate surface area is 143 Å². The van der Waals surface area contributed by atoms with Crippen LogP contribution in [0.4, 0.5) is 0 Å². The Morgan fingerprint density at radius 3 is 2.48 bits per heavy atom. The lowest BCUT2D eigenvalue weighted by atomic mass is 10.1. The van der Waals surface area contributed by atoms with Crippen LogP contribution in [0.3, 0.4) is 0 Å². The highest BCUT2D eigenvalue weighted by Crippen LogP contribution is 2.26. The fraction of sp³-hybridized carbons (Fsp3) is 0.222. The summed E-state index contributed by atoms with van der Waals surface area (Å²) in [6.45, 7) is 5.57. The van der Waals surface area contributed by atoms with E-state index in [0.29, 0.717) is 5.56 Å². The molecule has 2 aromatic heterocycles. The zero-order valence-corrected chi connectivity index (χ0v) is 14.8. The van der Waals surface area contributed by atoms with Gasteiger partial charge in [0.05, 0.1) is 17.3 Å². The Hall–Kier alpha value is -2.14. The number of hydrogen-bond donors (Lipinski definition) is 0. The summed E-state index contributed by atoms with van der Waals surface area (Å²) in [6.07, 6.45) is 3.73. The van der Waals surface area contributed by atoms with Crippen LogP contribution in [0.2, 0.25) is 0 Å². The quantitative estimate of drug-likeness (QED) is 0.611. The number of fused-ring (bicyclic) bond motifs is 1. The number of hydrogen-bond acceptors (Lipinski definition) is 3. The summed E-state index contributed by atoms with van der Waals surface area (Å²) in [5.74, 6) is -0.312. The topological polar surface area (TPSA) is 43.6 Å². The minimum Gasteiger partial charge on any atom is -0.456 e. The molecule has 0 aliphatic heterocycles. The maximum Gasteiger partial charge on any atom is 0.338 e. The molecule has 3 rings (SSSR count). The molecule has 3 aromatic rings. The number of ether oxygens (including phenoxy) is 1. The summed E-state index contributed by atoms with van der Waals surface area (Å²) < 4.78 is 8.17. The van der Waals surface area contributed by atoms with Gasteiger partial charge >= 0.3 is 5.97 Å². The Bertz CT molecular complexity index is 861. The molecule has 0 fully saturated rings. The normalized spacial score (nSPS) is 11.7. The van der Waals surface area contributed by atoms with E-state index in [2.05, 4.69) is 21.0 Å². The molecule has 2 heterocycles. The second-order valence-corrected chi connectivity index (χ2v) is 7.23. The van der Waals surface area contributed by atoms with Gasteiger partial charge in [-0.2, -0.15) is 5.10 Å². The molecule has 4 nitrogen and oxygen atoms in total. The molecule has 0 aliphatic carbocycles.